The first kappa shape index (κ1) is 13.0. The van der Waals surface area contributed by atoms with Gasteiger partial charge in [0.05, 0.1) is 0 Å². The number of anilines is 2. The summed E-state index contributed by atoms with van der Waals surface area (Å²) < 4.78 is 11.0. The number of aromatic nitrogens is 1. The van der Waals surface area contributed by atoms with E-state index in [0.717, 1.165) is 23.8 Å². The van der Waals surface area contributed by atoms with Crippen molar-refractivity contribution in [1.29, 1.82) is 0 Å². The quantitative estimate of drug-likeness (QED) is 0.796. The molecule has 0 fully saturated rings. The van der Waals surface area contributed by atoms with Gasteiger partial charge in [0.25, 0.3) is 0 Å². The van der Waals surface area contributed by atoms with E-state index in [1.807, 2.05) is 25.2 Å². The summed E-state index contributed by atoms with van der Waals surface area (Å²) in [6.07, 6.45) is 2.61. The third kappa shape index (κ3) is 4.61. The fourth-order valence-electron chi connectivity index (χ4n) is 1.32. The SMILES string of the molecule is CNc1cccc(NC(C)CCS(C)=O)n1. The maximum Gasteiger partial charge on any atom is 0.128 e. The molecule has 1 aromatic rings. The number of pyridine rings is 1. The fraction of sp³-hybridized carbons (Fsp3) is 0.545. The third-order valence-corrected chi connectivity index (χ3v) is 3.05. The fourth-order valence-corrected chi connectivity index (χ4v) is 2.01. The Morgan fingerprint density at radius 1 is 1.44 bits per heavy atom. The van der Waals surface area contributed by atoms with E-state index in [0.29, 0.717) is 0 Å². The number of rotatable bonds is 6. The van der Waals surface area contributed by atoms with Gasteiger partial charge in [0.2, 0.25) is 0 Å². The van der Waals surface area contributed by atoms with Crippen LogP contribution in [0.25, 0.3) is 0 Å². The Kier molecular flexibility index (Phi) is 5.25. The second-order valence-corrected chi connectivity index (χ2v) is 5.32. The van der Waals surface area contributed by atoms with Crippen molar-refractivity contribution in [3.63, 3.8) is 0 Å². The van der Waals surface area contributed by atoms with E-state index in [-0.39, 0.29) is 6.04 Å². The summed E-state index contributed by atoms with van der Waals surface area (Å²) in [7, 11) is 1.12. The molecule has 0 bridgehead atoms. The third-order valence-electron chi connectivity index (χ3n) is 2.24. The minimum atomic E-state index is -0.723. The molecule has 90 valence electrons. The Morgan fingerprint density at radius 2 is 2.12 bits per heavy atom. The zero-order valence-corrected chi connectivity index (χ0v) is 10.8. The minimum Gasteiger partial charge on any atom is -0.373 e. The Hall–Kier alpha value is -1.10. The second kappa shape index (κ2) is 6.48. The first-order valence-electron chi connectivity index (χ1n) is 5.33. The molecule has 1 heterocycles. The van der Waals surface area contributed by atoms with Gasteiger partial charge in [0.1, 0.15) is 11.6 Å². The van der Waals surface area contributed by atoms with E-state index in [2.05, 4.69) is 22.5 Å². The highest BCUT2D eigenvalue weighted by Crippen LogP contribution is 2.10. The van der Waals surface area contributed by atoms with Crippen molar-refractivity contribution in [3.05, 3.63) is 18.2 Å². The van der Waals surface area contributed by atoms with E-state index in [1.54, 1.807) is 6.26 Å². The van der Waals surface area contributed by atoms with Crippen molar-refractivity contribution in [2.24, 2.45) is 0 Å². The molecule has 16 heavy (non-hydrogen) atoms. The average Bonchev–Trinajstić information content (AvgIpc) is 2.26. The predicted octanol–water partition coefficient (Wildman–Crippen LogP) is 1.69. The molecule has 0 amide bonds. The van der Waals surface area contributed by atoms with Gasteiger partial charge in [-0.15, -0.1) is 0 Å². The Morgan fingerprint density at radius 3 is 2.75 bits per heavy atom. The lowest BCUT2D eigenvalue weighted by molar-refractivity contribution is 0.678. The van der Waals surface area contributed by atoms with Gasteiger partial charge in [-0.25, -0.2) is 4.98 Å². The van der Waals surface area contributed by atoms with Crippen molar-refractivity contribution in [2.75, 3.05) is 29.7 Å². The second-order valence-electron chi connectivity index (χ2n) is 3.77. The summed E-state index contributed by atoms with van der Waals surface area (Å²) in [5.74, 6) is 2.41. The molecule has 2 unspecified atom stereocenters. The van der Waals surface area contributed by atoms with Gasteiger partial charge in [-0.1, -0.05) is 6.07 Å². The normalized spacial score (nSPS) is 14.2. The van der Waals surface area contributed by atoms with Crippen LogP contribution in [0.1, 0.15) is 13.3 Å². The zero-order chi connectivity index (χ0) is 12.0. The summed E-state index contributed by atoms with van der Waals surface area (Å²) in [5, 5.41) is 6.28. The topological polar surface area (TPSA) is 54.0 Å². The van der Waals surface area contributed by atoms with E-state index in [1.165, 1.54) is 0 Å². The van der Waals surface area contributed by atoms with E-state index < -0.39 is 10.8 Å². The van der Waals surface area contributed by atoms with Crippen molar-refractivity contribution < 1.29 is 4.21 Å². The van der Waals surface area contributed by atoms with Crippen LogP contribution in [0.4, 0.5) is 11.6 Å². The molecule has 4 nitrogen and oxygen atoms in total. The van der Waals surface area contributed by atoms with Gasteiger partial charge in [-0.05, 0) is 25.5 Å². The van der Waals surface area contributed by atoms with Gasteiger partial charge in [-0.3, -0.25) is 4.21 Å². The minimum absolute atomic E-state index is 0.281. The van der Waals surface area contributed by atoms with Crippen LogP contribution >= 0.6 is 0 Å². The summed E-state index contributed by atoms with van der Waals surface area (Å²) >= 11 is 0. The molecule has 1 aromatic heterocycles. The van der Waals surface area contributed by atoms with Crippen molar-refractivity contribution in [2.45, 2.75) is 19.4 Å². The molecule has 2 N–H and O–H groups in total. The van der Waals surface area contributed by atoms with Crippen molar-refractivity contribution in [3.8, 4) is 0 Å². The summed E-state index contributed by atoms with van der Waals surface area (Å²) in [4.78, 5) is 4.36. The lowest BCUT2D eigenvalue weighted by Gasteiger charge is -2.14. The average molecular weight is 241 g/mol. The highest BCUT2D eigenvalue weighted by atomic mass is 32.2. The van der Waals surface area contributed by atoms with Gasteiger partial charge < -0.3 is 10.6 Å². The van der Waals surface area contributed by atoms with Crippen LogP contribution in [0.2, 0.25) is 0 Å². The zero-order valence-electron chi connectivity index (χ0n) is 9.99. The molecule has 0 spiro atoms. The Labute approximate surface area is 99.3 Å². The van der Waals surface area contributed by atoms with Crippen LogP contribution in [-0.4, -0.2) is 34.3 Å². The Balaban J connectivity index is 2.48. The maximum absolute atomic E-state index is 11.0. The lowest BCUT2D eigenvalue weighted by Crippen LogP contribution is -2.18. The lowest BCUT2D eigenvalue weighted by atomic mass is 10.2. The molecule has 0 aliphatic rings. The molecule has 0 aliphatic heterocycles. The van der Waals surface area contributed by atoms with Crippen LogP contribution in [0.15, 0.2) is 18.2 Å². The molecule has 0 radical (unpaired) electrons. The Bertz CT molecular complexity index is 357. The first-order chi connectivity index (χ1) is 7.61. The molecular formula is C11H19N3OS. The molecule has 1 rings (SSSR count). The van der Waals surface area contributed by atoms with Gasteiger partial charge in [0.15, 0.2) is 0 Å². The maximum atomic E-state index is 11.0. The van der Waals surface area contributed by atoms with Crippen LogP contribution in [0, 0.1) is 0 Å². The number of nitrogens with zero attached hydrogens (tertiary/aromatic N) is 1. The van der Waals surface area contributed by atoms with Crippen LogP contribution in [0.5, 0.6) is 0 Å². The van der Waals surface area contributed by atoms with Crippen LogP contribution < -0.4 is 10.6 Å². The number of hydrogen-bond acceptors (Lipinski definition) is 4. The molecule has 0 aromatic carbocycles. The standard InChI is InChI=1S/C11H19N3OS/c1-9(7-8-16(3)15)13-11-6-4-5-10(12-2)14-11/h4-6,9H,7-8H2,1-3H3,(H2,12,13,14). The van der Waals surface area contributed by atoms with E-state index in [4.69, 9.17) is 0 Å². The molecule has 0 saturated carbocycles. The molecule has 0 saturated heterocycles. The summed E-state index contributed by atoms with van der Waals surface area (Å²) in [5.41, 5.74) is 0. The molecular weight excluding hydrogens is 222 g/mol. The van der Waals surface area contributed by atoms with Crippen molar-refractivity contribution in [1.82, 2.24) is 4.98 Å². The smallest absolute Gasteiger partial charge is 0.128 e. The van der Waals surface area contributed by atoms with E-state index in [9.17, 15) is 4.21 Å². The summed E-state index contributed by atoms with van der Waals surface area (Å²) in [6.45, 7) is 2.07. The van der Waals surface area contributed by atoms with Gasteiger partial charge in [-0.2, -0.15) is 0 Å². The first-order valence-corrected chi connectivity index (χ1v) is 7.06. The number of nitrogens with one attached hydrogen (secondary N) is 2. The largest absolute Gasteiger partial charge is 0.373 e. The molecule has 2 atom stereocenters. The van der Waals surface area contributed by atoms with Crippen LogP contribution in [-0.2, 0) is 10.8 Å². The highest BCUT2D eigenvalue weighted by molar-refractivity contribution is 7.84. The monoisotopic (exact) mass is 241 g/mol. The number of hydrogen-bond donors (Lipinski definition) is 2. The van der Waals surface area contributed by atoms with Gasteiger partial charge >= 0.3 is 0 Å². The van der Waals surface area contributed by atoms with E-state index >= 15 is 0 Å². The van der Waals surface area contributed by atoms with Gasteiger partial charge in [0, 0.05) is 35.9 Å². The van der Waals surface area contributed by atoms with Crippen molar-refractivity contribution >= 4 is 22.4 Å². The molecule has 0 aliphatic carbocycles. The molecule has 5 heteroatoms. The predicted molar refractivity (Wildman–Crippen MR) is 70.4 cm³/mol. The van der Waals surface area contributed by atoms with Crippen LogP contribution in [0.3, 0.4) is 0 Å². The highest BCUT2D eigenvalue weighted by Gasteiger charge is 2.04. The summed E-state index contributed by atoms with van der Waals surface area (Å²) in [6, 6.07) is 6.08.